The fourth-order valence-corrected chi connectivity index (χ4v) is 2.91. The lowest BCUT2D eigenvalue weighted by molar-refractivity contribution is -0.117. The van der Waals surface area contributed by atoms with Crippen LogP contribution in [0, 0.1) is 0 Å². The van der Waals surface area contributed by atoms with E-state index >= 15 is 0 Å². The molecule has 0 spiro atoms. The Morgan fingerprint density at radius 3 is 2.44 bits per heavy atom. The summed E-state index contributed by atoms with van der Waals surface area (Å²) in [6.45, 7) is 0. The molecule has 0 fully saturated rings. The van der Waals surface area contributed by atoms with Gasteiger partial charge in [-0.05, 0) is 47.7 Å². The lowest BCUT2D eigenvalue weighted by Crippen LogP contribution is -2.27. The van der Waals surface area contributed by atoms with Gasteiger partial charge in [0, 0.05) is 11.0 Å². The molecule has 1 amide bonds. The predicted octanol–water partition coefficient (Wildman–Crippen LogP) is 4.92. The number of carbonyl (C=O) groups is 1. The molecule has 4 heteroatoms. The highest BCUT2D eigenvalue weighted by Gasteiger charge is 2.17. The lowest BCUT2D eigenvalue weighted by Gasteiger charge is -2.16. The first-order chi connectivity index (χ1) is 12.3. The Labute approximate surface area is 151 Å². The highest BCUT2D eigenvalue weighted by atomic mass is 32.2. The zero-order chi connectivity index (χ0) is 17.5. The Balaban J connectivity index is 1.73. The third kappa shape index (κ3) is 4.64. The fourth-order valence-electron chi connectivity index (χ4n) is 2.50. The summed E-state index contributed by atoms with van der Waals surface area (Å²) in [5.74, 6) is 0.538. The van der Waals surface area contributed by atoms with E-state index in [2.05, 4.69) is 5.32 Å². The maximum Gasteiger partial charge on any atom is 0.244 e. The van der Waals surface area contributed by atoms with Crippen LogP contribution in [0.4, 0.5) is 0 Å². The summed E-state index contributed by atoms with van der Waals surface area (Å²) in [7, 11) is 0. The van der Waals surface area contributed by atoms with Crippen LogP contribution in [0.3, 0.4) is 0 Å². The van der Waals surface area contributed by atoms with Crippen LogP contribution in [0.25, 0.3) is 6.08 Å². The molecule has 1 unspecified atom stereocenters. The molecule has 1 atom stereocenters. The maximum atomic E-state index is 12.4. The number of carbonyl (C=O) groups excluding carboxylic acids is 1. The average molecular weight is 349 g/mol. The zero-order valence-corrected chi connectivity index (χ0v) is 14.7. The van der Waals surface area contributed by atoms with Crippen molar-refractivity contribution in [2.45, 2.75) is 10.9 Å². The minimum Gasteiger partial charge on any atom is -0.467 e. The molecule has 0 aliphatic carbocycles. The second kappa shape index (κ2) is 8.40. The molecular formula is C21H19NO2S. The van der Waals surface area contributed by atoms with Crippen molar-refractivity contribution < 1.29 is 9.21 Å². The Morgan fingerprint density at radius 2 is 1.80 bits per heavy atom. The first-order valence-corrected chi connectivity index (χ1v) is 9.20. The SMILES string of the molecule is CSc1ccc(/C=C/C(=O)NC(c2ccccc2)c2ccco2)cc1. The van der Waals surface area contributed by atoms with E-state index in [-0.39, 0.29) is 11.9 Å². The van der Waals surface area contributed by atoms with Crippen molar-refractivity contribution in [1.82, 2.24) is 5.32 Å². The smallest absolute Gasteiger partial charge is 0.244 e. The summed E-state index contributed by atoms with van der Waals surface area (Å²) in [6, 6.07) is 21.2. The molecule has 0 aliphatic rings. The van der Waals surface area contributed by atoms with Gasteiger partial charge in [0.05, 0.1) is 6.26 Å². The molecule has 1 aromatic heterocycles. The summed E-state index contributed by atoms with van der Waals surface area (Å²) >= 11 is 1.69. The molecule has 1 heterocycles. The second-order valence-corrected chi connectivity index (χ2v) is 6.35. The Morgan fingerprint density at radius 1 is 1.04 bits per heavy atom. The van der Waals surface area contributed by atoms with Crippen LogP contribution in [-0.4, -0.2) is 12.2 Å². The van der Waals surface area contributed by atoms with Crippen LogP contribution in [0.2, 0.25) is 0 Å². The largest absolute Gasteiger partial charge is 0.467 e. The van der Waals surface area contributed by atoms with Crippen molar-refractivity contribution in [2.24, 2.45) is 0 Å². The molecule has 0 aliphatic heterocycles. The molecule has 25 heavy (non-hydrogen) atoms. The predicted molar refractivity (Wildman–Crippen MR) is 102 cm³/mol. The summed E-state index contributed by atoms with van der Waals surface area (Å²) in [5, 5.41) is 3.00. The summed E-state index contributed by atoms with van der Waals surface area (Å²) in [4.78, 5) is 13.6. The molecule has 0 saturated carbocycles. The quantitative estimate of drug-likeness (QED) is 0.507. The number of nitrogens with one attached hydrogen (secondary N) is 1. The van der Waals surface area contributed by atoms with Crippen molar-refractivity contribution in [3.05, 3.63) is 96.0 Å². The standard InChI is InChI=1S/C21H19NO2S/c1-25-18-12-9-16(10-13-18)11-14-20(23)22-21(19-8-5-15-24-19)17-6-3-2-4-7-17/h2-15,21H,1H3,(H,22,23)/b14-11+. The van der Waals surface area contributed by atoms with Crippen molar-refractivity contribution in [2.75, 3.05) is 6.26 Å². The zero-order valence-electron chi connectivity index (χ0n) is 13.9. The average Bonchev–Trinajstić information content (AvgIpc) is 3.20. The Bertz CT molecular complexity index is 824. The van der Waals surface area contributed by atoms with E-state index in [1.165, 1.54) is 4.90 Å². The molecule has 2 aromatic carbocycles. The van der Waals surface area contributed by atoms with Gasteiger partial charge in [0.25, 0.3) is 0 Å². The molecule has 3 nitrogen and oxygen atoms in total. The third-order valence-corrected chi connectivity index (χ3v) is 4.53. The minimum atomic E-state index is -0.313. The number of rotatable bonds is 6. The third-order valence-electron chi connectivity index (χ3n) is 3.79. The molecule has 0 saturated heterocycles. The lowest BCUT2D eigenvalue weighted by atomic mass is 10.0. The summed E-state index contributed by atoms with van der Waals surface area (Å²) in [6.07, 6.45) is 7.01. The van der Waals surface area contributed by atoms with E-state index in [4.69, 9.17) is 4.42 Å². The maximum absolute atomic E-state index is 12.4. The number of furan rings is 1. The normalized spacial score (nSPS) is 12.2. The van der Waals surface area contributed by atoms with Gasteiger partial charge in [0.2, 0.25) is 5.91 Å². The van der Waals surface area contributed by atoms with Crippen molar-refractivity contribution >= 4 is 23.7 Å². The van der Waals surface area contributed by atoms with Gasteiger partial charge in [0.15, 0.2) is 0 Å². The number of thioether (sulfide) groups is 1. The van der Waals surface area contributed by atoms with Gasteiger partial charge in [-0.15, -0.1) is 11.8 Å². The van der Waals surface area contributed by atoms with Crippen LogP contribution in [0.1, 0.15) is 22.9 Å². The van der Waals surface area contributed by atoms with Gasteiger partial charge in [-0.1, -0.05) is 42.5 Å². The Hall–Kier alpha value is -2.72. The van der Waals surface area contributed by atoms with E-state index < -0.39 is 0 Å². The fraction of sp³-hybridized carbons (Fsp3) is 0.0952. The van der Waals surface area contributed by atoms with Crippen LogP contribution in [-0.2, 0) is 4.79 Å². The highest BCUT2D eigenvalue weighted by molar-refractivity contribution is 7.98. The van der Waals surface area contributed by atoms with Gasteiger partial charge in [-0.3, -0.25) is 4.79 Å². The van der Waals surface area contributed by atoms with E-state index in [1.807, 2.05) is 79.1 Å². The van der Waals surface area contributed by atoms with Crippen LogP contribution < -0.4 is 5.32 Å². The first-order valence-electron chi connectivity index (χ1n) is 7.97. The highest BCUT2D eigenvalue weighted by Crippen LogP contribution is 2.22. The molecule has 126 valence electrons. The van der Waals surface area contributed by atoms with E-state index in [1.54, 1.807) is 24.1 Å². The van der Waals surface area contributed by atoms with Gasteiger partial charge in [-0.25, -0.2) is 0 Å². The number of hydrogen-bond acceptors (Lipinski definition) is 3. The van der Waals surface area contributed by atoms with Gasteiger partial charge < -0.3 is 9.73 Å². The van der Waals surface area contributed by atoms with Gasteiger partial charge >= 0.3 is 0 Å². The van der Waals surface area contributed by atoms with Crippen LogP contribution in [0.5, 0.6) is 0 Å². The van der Waals surface area contributed by atoms with Crippen LogP contribution in [0.15, 0.2) is 88.4 Å². The second-order valence-electron chi connectivity index (χ2n) is 5.47. The minimum absolute atomic E-state index is 0.167. The molecule has 3 aromatic rings. The first kappa shape index (κ1) is 17.1. The molecule has 1 N–H and O–H groups in total. The van der Waals surface area contributed by atoms with Crippen molar-refractivity contribution in [3.63, 3.8) is 0 Å². The monoisotopic (exact) mass is 349 g/mol. The van der Waals surface area contributed by atoms with Gasteiger partial charge in [-0.2, -0.15) is 0 Å². The van der Waals surface area contributed by atoms with Crippen molar-refractivity contribution in [3.8, 4) is 0 Å². The number of hydrogen-bond donors (Lipinski definition) is 1. The number of amides is 1. The molecular weight excluding hydrogens is 330 g/mol. The van der Waals surface area contributed by atoms with E-state index in [0.717, 1.165) is 11.1 Å². The van der Waals surface area contributed by atoms with E-state index in [9.17, 15) is 4.79 Å². The van der Waals surface area contributed by atoms with E-state index in [0.29, 0.717) is 5.76 Å². The van der Waals surface area contributed by atoms with Crippen LogP contribution >= 0.6 is 11.8 Å². The summed E-state index contributed by atoms with van der Waals surface area (Å²) in [5.41, 5.74) is 1.96. The number of benzene rings is 2. The van der Waals surface area contributed by atoms with Gasteiger partial charge in [0.1, 0.15) is 11.8 Å². The summed E-state index contributed by atoms with van der Waals surface area (Å²) < 4.78 is 5.50. The molecule has 3 rings (SSSR count). The van der Waals surface area contributed by atoms with Crippen molar-refractivity contribution in [1.29, 1.82) is 0 Å². The topological polar surface area (TPSA) is 42.2 Å². The Kier molecular flexibility index (Phi) is 5.75. The molecule has 0 bridgehead atoms. The molecule has 0 radical (unpaired) electrons.